The van der Waals surface area contributed by atoms with Gasteiger partial charge in [0.25, 0.3) is 0 Å². The highest BCUT2D eigenvalue weighted by molar-refractivity contribution is 7.90. The highest BCUT2D eigenvalue weighted by Gasteiger charge is 2.49. The number of hydrogen-bond donors (Lipinski definition) is 3. The number of hydroxylamine groups is 1. The number of nitrogens with one attached hydrogen (secondary N) is 2. The molecule has 2 saturated heterocycles. The smallest absolute Gasteiger partial charge is 0.416 e. The standard InChI is InChI=1S/C19H26F3N3O5S/c20-19(21,22)14-1-3-15(4-2-14)30-16-5-11-25(12-6-16)31(28,29)18(13-17(26)24-27)7-9-23-10-8-18/h1-4,16,23,27H,5-13H2,(H,24,26). The Hall–Kier alpha value is -1.89. The van der Waals surface area contributed by atoms with E-state index in [1.807, 2.05) is 0 Å². The van der Waals surface area contributed by atoms with Gasteiger partial charge in [-0.3, -0.25) is 10.0 Å². The number of benzene rings is 1. The minimum atomic E-state index is -4.42. The highest BCUT2D eigenvalue weighted by Crippen LogP contribution is 2.36. The summed E-state index contributed by atoms with van der Waals surface area (Å²) in [6.07, 6.45) is -3.81. The Balaban J connectivity index is 1.64. The van der Waals surface area contributed by atoms with E-state index in [-0.39, 0.29) is 38.5 Å². The summed E-state index contributed by atoms with van der Waals surface area (Å²) in [4.78, 5) is 11.8. The molecule has 0 aromatic heterocycles. The van der Waals surface area contributed by atoms with E-state index in [1.165, 1.54) is 21.9 Å². The van der Waals surface area contributed by atoms with E-state index in [9.17, 15) is 26.4 Å². The fraction of sp³-hybridized carbons (Fsp3) is 0.632. The van der Waals surface area contributed by atoms with Crippen molar-refractivity contribution in [3.05, 3.63) is 29.8 Å². The number of hydrogen-bond acceptors (Lipinski definition) is 6. The Bertz CT molecular complexity index is 863. The Morgan fingerprint density at radius 2 is 1.77 bits per heavy atom. The normalized spacial score (nSPS) is 20.9. The van der Waals surface area contributed by atoms with E-state index >= 15 is 0 Å². The van der Waals surface area contributed by atoms with Crippen LogP contribution in [0.25, 0.3) is 0 Å². The van der Waals surface area contributed by atoms with E-state index in [0.29, 0.717) is 31.7 Å². The summed E-state index contributed by atoms with van der Waals surface area (Å²) in [5.74, 6) is -0.449. The summed E-state index contributed by atoms with van der Waals surface area (Å²) in [6.45, 7) is 1.27. The molecule has 2 heterocycles. The second kappa shape index (κ2) is 9.31. The van der Waals surface area contributed by atoms with Gasteiger partial charge in [-0.15, -0.1) is 0 Å². The van der Waals surface area contributed by atoms with Gasteiger partial charge in [0.2, 0.25) is 15.9 Å². The molecule has 3 rings (SSSR count). The summed E-state index contributed by atoms with van der Waals surface area (Å²) in [7, 11) is -3.83. The molecule has 2 fully saturated rings. The molecule has 0 bridgehead atoms. The lowest BCUT2D eigenvalue weighted by Crippen LogP contribution is -2.57. The van der Waals surface area contributed by atoms with Crippen molar-refractivity contribution in [2.24, 2.45) is 0 Å². The number of alkyl halides is 3. The topological polar surface area (TPSA) is 108 Å². The van der Waals surface area contributed by atoms with E-state index in [4.69, 9.17) is 9.94 Å². The quantitative estimate of drug-likeness (QED) is 0.438. The van der Waals surface area contributed by atoms with Crippen LogP contribution in [0, 0.1) is 0 Å². The van der Waals surface area contributed by atoms with Gasteiger partial charge >= 0.3 is 6.18 Å². The number of ether oxygens (including phenoxy) is 1. The van der Waals surface area contributed by atoms with Crippen molar-refractivity contribution in [2.45, 2.75) is 49.1 Å². The van der Waals surface area contributed by atoms with Crippen LogP contribution in [0.15, 0.2) is 24.3 Å². The van der Waals surface area contributed by atoms with Crippen molar-refractivity contribution < 1.29 is 36.3 Å². The third-order valence-electron chi connectivity index (χ3n) is 5.89. The maximum absolute atomic E-state index is 13.4. The van der Waals surface area contributed by atoms with Crippen LogP contribution in [-0.2, 0) is 21.0 Å². The van der Waals surface area contributed by atoms with E-state index in [2.05, 4.69) is 5.32 Å². The number of rotatable bonds is 6. The molecule has 1 aromatic rings. The highest BCUT2D eigenvalue weighted by atomic mass is 32.2. The van der Waals surface area contributed by atoms with Gasteiger partial charge in [0.15, 0.2) is 0 Å². The number of carbonyl (C=O) groups is 1. The molecule has 0 spiro atoms. The lowest BCUT2D eigenvalue weighted by molar-refractivity contribution is -0.137. The number of piperidine rings is 2. The van der Waals surface area contributed by atoms with Gasteiger partial charge in [0.05, 0.1) is 10.3 Å². The molecule has 0 unspecified atom stereocenters. The number of amides is 1. The second-order valence-electron chi connectivity index (χ2n) is 7.89. The molecule has 0 saturated carbocycles. The van der Waals surface area contributed by atoms with E-state index in [0.717, 1.165) is 12.1 Å². The molecule has 174 valence electrons. The van der Waals surface area contributed by atoms with Crippen molar-refractivity contribution in [2.75, 3.05) is 26.2 Å². The van der Waals surface area contributed by atoms with Crippen LogP contribution in [0.1, 0.15) is 37.7 Å². The van der Waals surface area contributed by atoms with Crippen molar-refractivity contribution in [3.8, 4) is 5.75 Å². The monoisotopic (exact) mass is 465 g/mol. The van der Waals surface area contributed by atoms with Gasteiger partial charge in [-0.25, -0.2) is 18.2 Å². The van der Waals surface area contributed by atoms with Gasteiger partial charge in [0.1, 0.15) is 11.9 Å². The molecule has 0 radical (unpaired) electrons. The molecule has 0 atom stereocenters. The summed E-state index contributed by atoms with van der Waals surface area (Å²) in [5.41, 5.74) is 0.763. The molecule has 2 aliphatic rings. The van der Waals surface area contributed by atoms with Gasteiger partial charge in [-0.1, -0.05) is 0 Å². The predicted octanol–water partition coefficient (Wildman–Crippen LogP) is 1.90. The lowest BCUT2D eigenvalue weighted by Gasteiger charge is -2.42. The fourth-order valence-electron chi connectivity index (χ4n) is 4.12. The zero-order chi connectivity index (χ0) is 22.7. The zero-order valence-electron chi connectivity index (χ0n) is 16.8. The summed E-state index contributed by atoms with van der Waals surface area (Å²) in [5, 5.41) is 12.0. The summed E-state index contributed by atoms with van der Waals surface area (Å²) in [6, 6.07) is 4.40. The van der Waals surface area contributed by atoms with E-state index < -0.39 is 32.4 Å². The maximum Gasteiger partial charge on any atom is 0.416 e. The number of halogens is 3. The van der Waals surface area contributed by atoms with Crippen LogP contribution in [-0.4, -0.2) is 60.9 Å². The van der Waals surface area contributed by atoms with Crippen LogP contribution in [0.2, 0.25) is 0 Å². The van der Waals surface area contributed by atoms with Crippen molar-refractivity contribution in [3.63, 3.8) is 0 Å². The minimum absolute atomic E-state index is 0.184. The lowest BCUT2D eigenvalue weighted by atomic mass is 9.93. The average Bonchev–Trinajstić information content (AvgIpc) is 2.74. The second-order valence-corrected chi connectivity index (χ2v) is 10.2. The predicted molar refractivity (Wildman–Crippen MR) is 105 cm³/mol. The summed E-state index contributed by atoms with van der Waals surface area (Å²) >= 11 is 0. The molecular formula is C19H26F3N3O5S. The third kappa shape index (κ3) is 5.30. The Labute approximate surface area is 178 Å². The zero-order valence-corrected chi connectivity index (χ0v) is 17.6. The first-order valence-electron chi connectivity index (χ1n) is 10.0. The average molecular weight is 465 g/mol. The maximum atomic E-state index is 13.4. The summed E-state index contributed by atoms with van der Waals surface area (Å²) < 4.78 is 70.6. The van der Waals surface area contributed by atoms with Gasteiger partial charge in [-0.2, -0.15) is 13.2 Å². The van der Waals surface area contributed by atoms with Crippen molar-refractivity contribution in [1.82, 2.24) is 15.1 Å². The van der Waals surface area contributed by atoms with Crippen LogP contribution in [0.5, 0.6) is 5.75 Å². The fourth-order valence-corrected chi connectivity index (χ4v) is 6.39. The molecule has 2 aliphatic heterocycles. The van der Waals surface area contributed by atoms with Crippen LogP contribution >= 0.6 is 0 Å². The molecular weight excluding hydrogens is 439 g/mol. The molecule has 1 aromatic carbocycles. The van der Waals surface area contributed by atoms with Gasteiger partial charge in [-0.05, 0) is 63.0 Å². The van der Waals surface area contributed by atoms with Crippen molar-refractivity contribution >= 4 is 15.9 Å². The number of nitrogens with zero attached hydrogens (tertiary/aromatic N) is 1. The largest absolute Gasteiger partial charge is 0.490 e. The van der Waals surface area contributed by atoms with Gasteiger partial charge in [0, 0.05) is 19.5 Å². The Morgan fingerprint density at radius 1 is 1.19 bits per heavy atom. The molecule has 1 amide bonds. The Kier molecular flexibility index (Phi) is 7.14. The SMILES string of the molecule is O=C(CC1(S(=O)(=O)N2CCC(Oc3ccc(C(F)(F)F)cc3)CC2)CCNCC1)NO. The molecule has 0 aliphatic carbocycles. The van der Waals surface area contributed by atoms with Crippen LogP contribution in [0.3, 0.4) is 0 Å². The first kappa shape index (κ1) is 23.8. The third-order valence-corrected chi connectivity index (χ3v) is 8.59. The Morgan fingerprint density at radius 3 is 2.29 bits per heavy atom. The minimum Gasteiger partial charge on any atom is -0.490 e. The van der Waals surface area contributed by atoms with Gasteiger partial charge < -0.3 is 10.1 Å². The van der Waals surface area contributed by atoms with Crippen molar-refractivity contribution in [1.29, 1.82) is 0 Å². The first-order chi connectivity index (χ1) is 14.6. The van der Waals surface area contributed by atoms with Crippen LogP contribution in [0.4, 0.5) is 13.2 Å². The van der Waals surface area contributed by atoms with Crippen LogP contribution < -0.4 is 15.5 Å². The van der Waals surface area contributed by atoms with E-state index in [1.54, 1.807) is 0 Å². The molecule has 8 nitrogen and oxygen atoms in total. The molecule has 3 N–H and O–H groups in total. The molecule has 12 heteroatoms. The molecule has 31 heavy (non-hydrogen) atoms. The number of sulfonamides is 1. The number of carbonyl (C=O) groups excluding carboxylic acids is 1. The first-order valence-corrected chi connectivity index (χ1v) is 11.5.